The molecule has 0 unspecified atom stereocenters. The molecule has 3 rings (SSSR count). The van der Waals surface area contributed by atoms with Crippen molar-refractivity contribution in [3.8, 4) is 0 Å². The van der Waals surface area contributed by atoms with Crippen LogP contribution in [0.25, 0.3) is 5.57 Å². The van der Waals surface area contributed by atoms with Gasteiger partial charge in [-0.05, 0) is 23.3 Å². The van der Waals surface area contributed by atoms with Crippen LogP contribution in [0.2, 0.25) is 0 Å². The van der Waals surface area contributed by atoms with Gasteiger partial charge >= 0.3 is 5.97 Å². The molecule has 2 aliphatic heterocycles. The highest BCUT2D eigenvalue weighted by Gasteiger charge is 2.29. The van der Waals surface area contributed by atoms with Gasteiger partial charge in [-0.1, -0.05) is 6.07 Å². The number of sulfone groups is 1. The Kier molecular flexibility index (Phi) is 3.56. The van der Waals surface area contributed by atoms with E-state index in [1.807, 2.05) is 0 Å². The normalized spacial score (nSPS) is 20.9. The van der Waals surface area contributed by atoms with Crippen molar-refractivity contribution in [2.75, 3.05) is 32.8 Å². The molecule has 2 aliphatic rings. The third kappa shape index (κ3) is 2.72. The molecule has 7 heteroatoms. The Hall–Kier alpha value is -1.70. The standard InChI is InChI=1S/C14H15NO5S/c16-14(17)10-1-2-12-11(8-15-3-5-20-6-4-15)9-21(18,19)13(12)7-10/h1-2,7,9H,3-6,8H2,(H,16,17). The van der Waals surface area contributed by atoms with E-state index in [4.69, 9.17) is 9.84 Å². The van der Waals surface area contributed by atoms with E-state index in [1.165, 1.54) is 17.5 Å². The van der Waals surface area contributed by atoms with Gasteiger partial charge in [-0.15, -0.1) is 0 Å². The molecule has 1 N–H and O–H groups in total. The van der Waals surface area contributed by atoms with Crippen LogP contribution in [0.15, 0.2) is 28.5 Å². The van der Waals surface area contributed by atoms with Crippen LogP contribution in [0.1, 0.15) is 15.9 Å². The second-order valence-electron chi connectivity index (χ2n) is 5.09. The average molecular weight is 309 g/mol. The third-order valence-electron chi connectivity index (χ3n) is 3.68. The van der Waals surface area contributed by atoms with E-state index in [0.717, 1.165) is 13.1 Å². The van der Waals surface area contributed by atoms with Crippen LogP contribution in [0.5, 0.6) is 0 Å². The van der Waals surface area contributed by atoms with Crippen LogP contribution < -0.4 is 0 Å². The molecule has 1 aromatic carbocycles. The van der Waals surface area contributed by atoms with Crippen LogP contribution in [-0.2, 0) is 14.6 Å². The number of ether oxygens (including phenoxy) is 1. The molecule has 0 aliphatic carbocycles. The molecule has 0 atom stereocenters. The predicted octanol–water partition coefficient (Wildman–Crippen LogP) is 0.845. The van der Waals surface area contributed by atoms with E-state index in [0.29, 0.717) is 30.9 Å². The zero-order valence-electron chi connectivity index (χ0n) is 11.3. The topological polar surface area (TPSA) is 83.9 Å². The maximum atomic E-state index is 12.2. The highest BCUT2D eigenvalue weighted by molar-refractivity contribution is 7.95. The summed E-state index contributed by atoms with van der Waals surface area (Å²) in [4.78, 5) is 13.2. The second kappa shape index (κ2) is 5.25. The molecule has 6 nitrogen and oxygen atoms in total. The summed E-state index contributed by atoms with van der Waals surface area (Å²) in [6, 6.07) is 4.25. The first-order chi connectivity index (χ1) is 9.97. The molecule has 21 heavy (non-hydrogen) atoms. The fraction of sp³-hybridized carbons (Fsp3) is 0.357. The summed E-state index contributed by atoms with van der Waals surface area (Å²) < 4.78 is 29.6. The number of morpholine rings is 1. The number of aromatic carboxylic acids is 1. The summed E-state index contributed by atoms with van der Waals surface area (Å²) >= 11 is 0. The zero-order chi connectivity index (χ0) is 15.0. The van der Waals surface area contributed by atoms with Crippen molar-refractivity contribution >= 4 is 21.4 Å². The van der Waals surface area contributed by atoms with Crippen molar-refractivity contribution < 1.29 is 23.1 Å². The highest BCUT2D eigenvalue weighted by Crippen LogP contribution is 2.34. The molecule has 0 spiro atoms. The molecule has 0 aromatic heterocycles. The number of hydrogen-bond acceptors (Lipinski definition) is 5. The summed E-state index contributed by atoms with van der Waals surface area (Å²) in [5, 5.41) is 10.2. The maximum absolute atomic E-state index is 12.2. The Morgan fingerprint density at radius 1 is 1.29 bits per heavy atom. The van der Waals surface area contributed by atoms with E-state index in [9.17, 15) is 13.2 Å². The molecule has 0 bridgehead atoms. The largest absolute Gasteiger partial charge is 0.478 e. The Morgan fingerprint density at radius 3 is 2.67 bits per heavy atom. The molecular formula is C14H15NO5S. The molecule has 1 saturated heterocycles. The second-order valence-corrected chi connectivity index (χ2v) is 6.86. The molecule has 0 radical (unpaired) electrons. The highest BCUT2D eigenvalue weighted by atomic mass is 32.2. The van der Waals surface area contributed by atoms with Crippen LogP contribution in [0, 0.1) is 0 Å². The number of carboxylic acid groups (broad SMARTS) is 1. The van der Waals surface area contributed by atoms with Gasteiger partial charge in [0, 0.05) is 25.0 Å². The number of fused-ring (bicyclic) bond motifs is 1. The number of rotatable bonds is 3. The number of hydrogen-bond donors (Lipinski definition) is 1. The summed E-state index contributed by atoms with van der Waals surface area (Å²) in [7, 11) is -3.54. The van der Waals surface area contributed by atoms with E-state index < -0.39 is 15.8 Å². The summed E-state index contributed by atoms with van der Waals surface area (Å²) in [6.45, 7) is 3.34. The fourth-order valence-corrected chi connectivity index (χ4v) is 4.09. The van der Waals surface area contributed by atoms with Crippen LogP contribution in [-0.4, -0.2) is 57.2 Å². The molecule has 1 aromatic rings. The van der Waals surface area contributed by atoms with Crippen LogP contribution >= 0.6 is 0 Å². The lowest BCUT2D eigenvalue weighted by Gasteiger charge is -2.27. The molecule has 0 saturated carbocycles. The quantitative estimate of drug-likeness (QED) is 0.891. The van der Waals surface area contributed by atoms with Gasteiger partial charge in [-0.2, -0.15) is 0 Å². The first kappa shape index (κ1) is 14.2. The number of carboxylic acids is 1. The maximum Gasteiger partial charge on any atom is 0.335 e. The zero-order valence-corrected chi connectivity index (χ0v) is 12.1. The van der Waals surface area contributed by atoms with Gasteiger partial charge < -0.3 is 9.84 Å². The summed E-state index contributed by atoms with van der Waals surface area (Å²) in [5.41, 5.74) is 1.30. The molecule has 112 valence electrons. The van der Waals surface area contributed by atoms with Gasteiger partial charge in [-0.3, -0.25) is 4.90 Å². The van der Waals surface area contributed by atoms with Gasteiger partial charge in [0.05, 0.1) is 23.7 Å². The first-order valence-corrected chi connectivity index (χ1v) is 8.15. The van der Waals surface area contributed by atoms with Crippen molar-refractivity contribution in [2.24, 2.45) is 0 Å². The smallest absolute Gasteiger partial charge is 0.335 e. The van der Waals surface area contributed by atoms with Crippen molar-refractivity contribution in [2.45, 2.75) is 4.90 Å². The Labute approximate surface area is 122 Å². The molecule has 2 heterocycles. The summed E-state index contributed by atoms with van der Waals surface area (Å²) in [5.74, 6) is -1.13. The monoisotopic (exact) mass is 309 g/mol. The SMILES string of the molecule is O=C(O)c1ccc2c(c1)S(=O)(=O)C=C2CN1CCOCC1. The van der Waals surface area contributed by atoms with Crippen molar-refractivity contribution in [3.05, 3.63) is 34.7 Å². The Morgan fingerprint density at radius 2 is 2.00 bits per heavy atom. The van der Waals surface area contributed by atoms with Crippen LogP contribution in [0.3, 0.4) is 0 Å². The van der Waals surface area contributed by atoms with Crippen molar-refractivity contribution in [1.82, 2.24) is 4.90 Å². The fourth-order valence-electron chi connectivity index (χ4n) is 2.59. The minimum Gasteiger partial charge on any atom is -0.478 e. The average Bonchev–Trinajstić information content (AvgIpc) is 2.71. The lowest BCUT2D eigenvalue weighted by atomic mass is 10.0. The Balaban J connectivity index is 1.93. The van der Waals surface area contributed by atoms with Gasteiger partial charge in [0.1, 0.15) is 0 Å². The van der Waals surface area contributed by atoms with E-state index >= 15 is 0 Å². The Bertz CT molecular complexity index is 717. The number of nitrogens with zero attached hydrogens (tertiary/aromatic N) is 1. The lowest BCUT2D eigenvalue weighted by Crippen LogP contribution is -2.37. The van der Waals surface area contributed by atoms with E-state index in [2.05, 4.69) is 4.90 Å². The lowest BCUT2D eigenvalue weighted by molar-refractivity contribution is 0.0444. The van der Waals surface area contributed by atoms with Gasteiger partial charge in [0.2, 0.25) is 9.84 Å². The minimum atomic E-state index is -3.54. The molecule has 0 amide bonds. The first-order valence-electron chi connectivity index (χ1n) is 6.61. The molecular weight excluding hydrogens is 294 g/mol. The minimum absolute atomic E-state index is 0.0154. The van der Waals surface area contributed by atoms with Gasteiger partial charge in [0.15, 0.2) is 0 Å². The summed E-state index contributed by atoms with van der Waals surface area (Å²) in [6.07, 6.45) is 0. The predicted molar refractivity (Wildman–Crippen MR) is 75.8 cm³/mol. The third-order valence-corrected chi connectivity index (χ3v) is 5.22. The van der Waals surface area contributed by atoms with E-state index in [1.54, 1.807) is 6.07 Å². The van der Waals surface area contributed by atoms with Gasteiger partial charge in [0.25, 0.3) is 0 Å². The number of carbonyl (C=O) groups is 1. The molecule has 1 fully saturated rings. The van der Waals surface area contributed by atoms with Crippen molar-refractivity contribution in [1.29, 1.82) is 0 Å². The number of benzene rings is 1. The van der Waals surface area contributed by atoms with Gasteiger partial charge in [-0.25, -0.2) is 13.2 Å². The van der Waals surface area contributed by atoms with Crippen LogP contribution in [0.4, 0.5) is 0 Å². The van der Waals surface area contributed by atoms with Crippen molar-refractivity contribution in [3.63, 3.8) is 0 Å². The van der Waals surface area contributed by atoms with E-state index in [-0.39, 0.29) is 10.5 Å².